The molecule has 3 N–H and O–H groups in total. The van der Waals surface area contributed by atoms with E-state index in [1.54, 1.807) is 20.2 Å². The van der Waals surface area contributed by atoms with E-state index in [4.69, 9.17) is 19.9 Å². The zero-order valence-electron chi connectivity index (χ0n) is 19.3. The maximum atomic E-state index is 8.36. The summed E-state index contributed by atoms with van der Waals surface area (Å²) in [6.45, 7) is 8.93. The lowest BCUT2D eigenvalue weighted by Gasteiger charge is -2.21. The molecule has 0 unspecified atom stereocenters. The molecular formula is C25H31N5O2. The summed E-state index contributed by atoms with van der Waals surface area (Å²) >= 11 is 0. The summed E-state index contributed by atoms with van der Waals surface area (Å²) in [5.41, 5.74) is 5.27. The molecule has 0 aliphatic rings. The Kier molecular flexibility index (Phi) is 7.65. The number of hydrogen-bond acceptors (Lipinski definition) is 7. The number of ether oxygens (including phenoxy) is 2. The fraction of sp³-hybridized carbons (Fsp3) is 0.320. The van der Waals surface area contributed by atoms with E-state index in [-0.39, 0.29) is 6.04 Å². The molecule has 7 heteroatoms. The third kappa shape index (κ3) is 5.55. The van der Waals surface area contributed by atoms with Crippen molar-refractivity contribution in [1.29, 1.82) is 5.41 Å². The summed E-state index contributed by atoms with van der Waals surface area (Å²) < 4.78 is 11.0. The van der Waals surface area contributed by atoms with Crippen LogP contribution < -0.4 is 20.1 Å². The second-order valence-corrected chi connectivity index (χ2v) is 7.69. The Hall–Kier alpha value is -3.61. The second kappa shape index (κ2) is 10.6. The van der Waals surface area contributed by atoms with Crippen LogP contribution in [-0.4, -0.2) is 35.4 Å². The van der Waals surface area contributed by atoms with Gasteiger partial charge in [-0.2, -0.15) is 0 Å². The molecule has 0 amide bonds. The topological polar surface area (TPSA) is 92.1 Å². The fourth-order valence-corrected chi connectivity index (χ4v) is 3.31. The number of pyridine rings is 2. The van der Waals surface area contributed by atoms with Gasteiger partial charge in [-0.1, -0.05) is 12.1 Å². The predicted molar refractivity (Wildman–Crippen MR) is 130 cm³/mol. The van der Waals surface area contributed by atoms with Crippen LogP contribution in [0.5, 0.6) is 11.6 Å². The molecule has 0 fully saturated rings. The van der Waals surface area contributed by atoms with Gasteiger partial charge in [0, 0.05) is 18.8 Å². The lowest BCUT2D eigenvalue weighted by atomic mass is 10.1. The van der Waals surface area contributed by atoms with E-state index in [0.717, 1.165) is 28.3 Å². The first-order valence-corrected chi connectivity index (χ1v) is 10.7. The van der Waals surface area contributed by atoms with Crippen molar-refractivity contribution in [3.8, 4) is 22.9 Å². The monoisotopic (exact) mass is 433 g/mol. The number of rotatable bonds is 10. The van der Waals surface area contributed by atoms with Gasteiger partial charge in [-0.05, 0) is 63.6 Å². The number of hydrogen-bond donors (Lipinski definition) is 3. The molecule has 3 rings (SSSR count). The Morgan fingerprint density at radius 1 is 1.16 bits per heavy atom. The molecule has 2 heterocycles. The van der Waals surface area contributed by atoms with Gasteiger partial charge in [0.25, 0.3) is 0 Å². The molecular weight excluding hydrogens is 402 g/mol. The van der Waals surface area contributed by atoms with E-state index in [2.05, 4.69) is 29.5 Å². The molecule has 168 valence electrons. The summed E-state index contributed by atoms with van der Waals surface area (Å²) in [5.74, 6) is 1.35. The Labute approximate surface area is 189 Å². The normalized spacial score (nSPS) is 10.7. The van der Waals surface area contributed by atoms with Crippen LogP contribution in [0, 0.1) is 5.41 Å². The van der Waals surface area contributed by atoms with Crippen molar-refractivity contribution in [3.05, 3.63) is 59.9 Å². The summed E-state index contributed by atoms with van der Waals surface area (Å²) in [5, 5.41) is 15.4. The first kappa shape index (κ1) is 23.1. The second-order valence-electron chi connectivity index (χ2n) is 7.69. The Morgan fingerprint density at radius 3 is 2.53 bits per heavy atom. The molecule has 2 aromatic heterocycles. The van der Waals surface area contributed by atoms with Crippen molar-refractivity contribution in [2.75, 3.05) is 24.4 Å². The van der Waals surface area contributed by atoms with E-state index < -0.39 is 0 Å². The van der Waals surface area contributed by atoms with Gasteiger partial charge < -0.3 is 25.5 Å². The van der Waals surface area contributed by atoms with Crippen molar-refractivity contribution >= 4 is 17.1 Å². The molecule has 0 bridgehead atoms. The van der Waals surface area contributed by atoms with Crippen LogP contribution in [-0.2, 0) is 6.54 Å². The molecule has 32 heavy (non-hydrogen) atoms. The molecule has 0 aliphatic carbocycles. The minimum absolute atomic E-state index is 0.180. The fourth-order valence-electron chi connectivity index (χ4n) is 3.31. The molecule has 0 saturated carbocycles. The van der Waals surface area contributed by atoms with Crippen LogP contribution in [0.15, 0.2) is 48.7 Å². The van der Waals surface area contributed by atoms with E-state index >= 15 is 0 Å². The van der Waals surface area contributed by atoms with E-state index in [9.17, 15) is 0 Å². The Morgan fingerprint density at radius 2 is 1.91 bits per heavy atom. The predicted octanol–water partition coefficient (Wildman–Crippen LogP) is 5.37. The van der Waals surface area contributed by atoms with Crippen LogP contribution >= 0.6 is 0 Å². The van der Waals surface area contributed by atoms with Gasteiger partial charge in [0.05, 0.1) is 42.1 Å². The van der Waals surface area contributed by atoms with Gasteiger partial charge >= 0.3 is 0 Å². The highest BCUT2D eigenvalue weighted by Crippen LogP contribution is 2.34. The van der Waals surface area contributed by atoms with Crippen molar-refractivity contribution in [2.24, 2.45) is 0 Å². The molecule has 0 atom stereocenters. The zero-order chi connectivity index (χ0) is 23.1. The van der Waals surface area contributed by atoms with Gasteiger partial charge in [-0.3, -0.25) is 0 Å². The molecule has 3 aromatic rings. The smallest absolute Gasteiger partial charge is 0.222 e. The first-order chi connectivity index (χ1) is 15.4. The summed E-state index contributed by atoms with van der Waals surface area (Å²) in [7, 11) is 1.66. The average Bonchev–Trinajstić information content (AvgIpc) is 2.78. The number of aromatic nitrogens is 2. The van der Waals surface area contributed by atoms with Crippen molar-refractivity contribution < 1.29 is 9.47 Å². The van der Waals surface area contributed by atoms with Crippen LogP contribution in [0.1, 0.15) is 39.0 Å². The number of benzene rings is 1. The molecule has 0 spiro atoms. The van der Waals surface area contributed by atoms with Gasteiger partial charge in [-0.25, -0.2) is 9.97 Å². The minimum Gasteiger partial charge on any atom is -0.497 e. The van der Waals surface area contributed by atoms with Crippen LogP contribution in [0.25, 0.3) is 11.3 Å². The van der Waals surface area contributed by atoms with Crippen molar-refractivity contribution in [3.63, 3.8) is 0 Å². The summed E-state index contributed by atoms with van der Waals surface area (Å²) in [6, 6.07) is 13.9. The number of methoxy groups -OCH3 is 1. The Balaban J connectivity index is 2.06. The van der Waals surface area contributed by atoms with Crippen LogP contribution in [0.2, 0.25) is 0 Å². The SMILES string of the molecule is CCOc1ncccc1-c1cc(NCc2ccc(OC)cc2)c(NC(C)C)c(C(C)=N)n1. The molecule has 0 saturated heterocycles. The van der Waals surface area contributed by atoms with Gasteiger partial charge in [0.15, 0.2) is 0 Å². The van der Waals surface area contributed by atoms with Gasteiger partial charge in [0.2, 0.25) is 5.88 Å². The zero-order valence-corrected chi connectivity index (χ0v) is 19.3. The highest BCUT2D eigenvalue weighted by molar-refractivity contribution is 6.03. The maximum absolute atomic E-state index is 8.36. The van der Waals surface area contributed by atoms with E-state index in [1.807, 2.05) is 49.4 Å². The van der Waals surface area contributed by atoms with Gasteiger partial charge in [-0.15, -0.1) is 0 Å². The maximum Gasteiger partial charge on any atom is 0.222 e. The average molecular weight is 434 g/mol. The standard InChI is InChI=1S/C25H31N5O2/c1-6-32-25-20(8-7-13-27-25)21-14-22(24(29-16(2)3)23(30-21)17(4)26)28-15-18-9-11-19(31-5)12-10-18/h7-14,16,26,29H,6,15H2,1-5H3,(H,28,30). The molecule has 0 aliphatic heterocycles. The highest BCUT2D eigenvalue weighted by atomic mass is 16.5. The van der Waals surface area contributed by atoms with Crippen molar-refractivity contribution in [2.45, 2.75) is 40.3 Å². The molecule has 1 aromatic carbocycles. The first-order valence-electron chi connectivity index (χ1n) is 10.7. The largest absolute Gasteiger partial charge is 0.497 e. The van der Waals surface area contributed by atoms with Crippen molar-refractivity contribution in [1.82, 2.24) is 9.97 Å². The number of anilines is 2. The quantitative estimate of drug-likeness (QED) is 0.372. The van der Waals surface area contributed by atoms with E-state index in [0.29, 0.717) is 36.1 Å². The molecule has 7 nitrogen and oxygen atoms in total. The van der Waals surface area contributed by atoms with Crippen LogP contribution in [0.4, 0.5) is 11.4 Å². The number of nitrogens with zero attached hydrogens (tertiary/aromatic N) is 2. The minimum atomic E-state index is 0.180. The third-order valence-corrected chi connectivity index (χ3v) is 4.78. The van der Waals surface area contributed by atoms with Crippen LogP contribution in [0.3, 0.4) is 0 Å². The summed E-state index contributed by atoms with van der Waals surface area (Å²) in [4.78, 5) is 9.18. The lowest BCUT2D eigenvalue weighted by molar-refractivity contribution is 0.328. The Bertz CT molecular complexity index is 1060. The van der Waals surface area contributed by atoms with E-state index in [1.165, 1.54) is 0 Å². The molecule has 0 radical (unpaired) electrons. The lowest BCUT2D eigenvalue weighted by Crippen LogP contribution is -2.17. The summed E-state index contributed by atoms with van der Waals surface area (Å²) in [6.07, 6.45) is 1.70. The number of nitrogens with one attached hydrogen (secondary N) is 3. The third-order valence-electron chi connectivity index (χ3n) is 4.78. The highest BCUT2D eigenvalue weighted by Gasteiger charge is 2.18. The van der Waals surface area contributed by atoms with Gasteiger partial charge in [0.1, 0.15) is 11.4 Å².